The zero-order chi connectivity index (χ0) is 25.4. The Hall–Kier alpha value is -3.77. The van der Waals surface area contributed by atoms with E-state index >= 15 is 0 Å². The molecule has 6 rings (SSSR count). The average Bonchev–Trinajstić information content (AvgIpc) is 3.66. The van der Waals surface area contributed by atoms with Crippen LogP contribution in [0.25, 0.3) is 16.7 Å². The molecule has 0 bridgehead atoms. The molecule has 0 spiro atoms. The summed E-state index contributed by atoms with van der Waals surface area (Å²) in [4.78, 5) is 13.1. The van der Waals surface area contributed by atoms with Crippen LogP contribution in [0, 0.1) is 0 Å². The summed E-state index contributed by atoms with van der Waals surface area (Å²) in [6.07, 6.45) is 4.37. The van der Waals surface area contributed by atoms with E-state index in [0.717, 1.165) is 76.7 Å². The molecule has 1 saturated heterocycles. The molecule has 3 aliphatic heterocycles. The van der Waals surface area contributed by atoms with Crippen LogP contribution in [0.3, 0.4) is 0 Å². The fraction of sp³-hybridized carbons (Fsp3) is 0.323. The Balaban J connectivity index is 1.19. The van der Waals surface area contributed by atoms with Gasteiger partial charge >= 0.3 is 0 Å². The summed E-state index contributed by atoms with van der Waals surface area (Å²) in [6.45, 7) is 3.91. The van der Waals surface area contributed by atoms with Crippen molar-refractivity contribution in [1.82, 2.24) is 5.32 Å². The van der Waals surface area contributed by atoms with E-state index in [4.69, 9.17) is 9.47 Å². The molecule has 6 nitrogen and oxygen atoms in total. The van der Waals surface area contributed by atoms with Crippen LogP contribution in [-0.4, -0.2) is 38.3 Å². The molecule has 2 atom stereocenters. The number of hydrogen-bond donors (Lipinski definition) is 3. The molecule has 3 aliphatic rings. The highest BCUT2D eigenvalue weighted by molar-refractivity contribution is 6.32. The molecule has 0 aliphatic carbocycles. The molecule has 0 saturated carbocycles. The molecule has 1 fully saturated rings. The largest absolute Gasteiger partial charge is 0.497 e. The Morgan fingerprint density at radius 2 is 1.89 bits per heavy atom. The Bertz CT molecular complexity index is 1370. The molecule has 190 valence electrons. The van der Waals surface area contributed by atoms with E-state index in [9.17, 15) is 4.79 Å². The van der Waals surface area contributed by atoms with E-state index in [1.807, 2.05) is 42.5 Å². The zero-order valence-corrected chi connectivity index (χ0v) is 21.4. The molecule has 1 amide bonds. The van der Waals surface area contributed by atoms with Crippen molar-refractivity contribution in [1.29, 1.82) is 0 Å². The van der Waals surface area contributed by atoms with Gasteiger partial charge in [-0.05, 0) is 97.8 Å². The van der Waals surface area contributed by atoms with Crippen molar-refractivity contribution in [2.24, 2.45) is 0 Å². The summed E-state index contributed by atoms with van der Waals surface area (Å²) in [6, 6.07) is 21.1. The number of amides is 1. The third kappa shape index (κ3) is 4.69. The summed E-state index contributed by atoms with van der Waals surface area (Å²) >= 11 is 0. The van der Waals surface area contributed by atoms with Crippen LogP contribution in [0.2, 0.25) is 0 Å². The van der Waals surface area contributed by atoms with E-state index in [0.29, 0.717) is 6.04 Å². The number of methoxy groups -OCH3 is 1. The highest BCUT2D eigenvalue weighted by Crippen LogP contribution is 2.40. The number of carbonyl (C=O) groups is 1. The van der Waals surface area contributed by atoms with E-state index in [2.05, 4.69) is 41.1 Å². The third-order valence-electron chi connectivity index (χ3n) is 7.81. The number of anilines is 2. The molecular formula is C31H33N3O3. The van der Waals surface area contributed by atoms with Gasteiger partial charge in [0.25, 0.3) is 5.91 Å². The molecule has 37 heavy (non-hydrogen) atoms. The molecule has 0 aromatic heterocycles. The van der Waals surface area contributed by atoms with Gasteiger partial charge in [-0.3, -0.25) is 4.79 Å². The van der Waals surface area contributed by atoms with Crippen molar-refractivity contribution in [3.63, 3.8) is 0 Å². The summed E-state index contributed by atoms with van der Waals surface area (Å²) in [7, 11) is 1.67. The molecule has 0 radical (unpaired) electrons. The van der Waals surface area contributed by atoms with Crippen LogP contribution in [0.1, 0.15) is 37.3 Å². The predicted molar refractivity (Wildman–Crippen MR) is 148 cm³/mol. The number of hydrogen-bond acceptors (Lipinski definition) is 5. The van der Waals surface area contributed by atoms with Gasteiger partial charge in [0.15, 0.2) is 0 Å². The number of nitrogens with one attached hydrogen (secondary N) is 3. The first kappa shape index (κ1) is 23.6. The highest BCUT2D eigenvalue weighted by atomic mass is 16.5. The van der Waals surface area contributed by atoms with Crippen molar-refractivity contribution < 1.29 is 14.3 Å². The number of carbonyl (C=O) groups excluding carboxylic acids is 1. The minimum atomic E-state index is -0.0439. The Morgan fingerprint density at radius 1 is 1.00 bits per heavy atom. The van der Waals surface area contributed by atoms with Crippen molar-refractivity contribution in [2.45, 2.75) is 44.7 Å². The van der Waals surface area contributed by atoms with Crippen LogP contribution < -0.4 is 25.4 Å². The van der Waals surface area contributed by atoms with Gasteiger partial charge in [0.1, 0.15) is 11.5 Å². The second kappa shape index (κ2) is 9.94. The SMILES string of the molecule is COc1cccc(-c2ccc3c(c2)NC(=O)/C3=C(/C)C2Cc3cc(OCCC4CCCN4)ccc3N2)c1. The van der Waals surface area contributed by atoms with E-state index < -0.39 is 0 Å². The first-order valence-electron chi connectivity index (χ1n) is 13.2. The molecular weight excluding hydrogens is 462 g/mol. The van der Waals surface area contributed by atoms with Gasteiger partial charge in [0.2, 0.25) is 0 Å². The monoisotopic (exact) mass is 495 g/mol. The normalized spacial score (nSPS) is 21.2. The zero-order valence-electron chi connectivity index (χ0n) is 21.4. The maximum absolute atomic E-state index is 13.1. The Kier molecular flexibility index (Phi) is 6.35. The maximum atomic E-state index is 13.1. The van der Waals surface area contributed by atoms with Crippen LogP contribution in [0.4, 0.5) is 11.4 Å². The van der Waals surface area contributed by atoms with E-state index in [-0.39, 0.29) is 11.9 Å². The van der Waals surface area contributed by atoms with Crippen LogP contribution in [0.15, 0.2) is 66.2 Å². The first-order chi connectivity index (χ1) is 18.1. The van der Waals surface area contributed by atoms with Gasteiger partial charge in [0.05, 0.1) is 19.8 Å². The first-order valence-corrected chi connectivity index (χ1v) is 13.2. The van der Waals surface area contributed by atoms with E-state index in [1.54, 1.807) is 7.11 Å². The fourth-order valence-corrected chi connectivity index (χ4v) is 5.73. The summed E-state index contributed by atoms with van der Waals surface area (Å²) < 4.78 is 11.4. The van der Waals surface area contributed by atoms with E-state index in [1.165, 1.54) is 18.4 Å². The van der Waals surface area contributed by atoms with Crippen LogP contribution in [-0.2, 0) is 11.2 Å². The summed E-state index contributed by atoms with van der Waals surface area (Å²) in [5.74, 6) is 1.68. The van der Waals surface area contributed by atoms with Gasteiger partial charge in [0, 0.05) is 28.6 Å². The van der Waals surface area contributed by atoms with Gasteiger partial charge in [-0.15, -0.1) is 0 Å². The lowest BCUT2D eigenvalue weighted by molar-refractivity contribution is -0.110. The lowest BCUT2D eigenvalue weighted by Gasteiger charge is -2.15. The minimum absolute atomic E-state index is 0.0439. The molecule has 6 heteroatoms. The highest BCUT2D eigenvalue weighted by Gasteiger charge is 2.31. The minimum Gasteiger partial charge on any atom is -0.497 e. The standard InChI is InChI=1S/C31H33N3O3/c1-19(28-18-22-16-25(9-11-27(22)33-28)37-14-12-23-6-4-13-32-23)30-26-10-8-21(17-29(26)34-31(30)35)20-5-3-7-24(15-20)36-2/h3,5,7-11,15-17,23,28,32-33H,4,6,12-14,18H2,1-2H3,(H,34,35)/b30-19-. The fourth-order valence-electron chi connectivity index (χ4n) is 5.73. The second-order valence-corrected chi connectivity index (χ2v) is 10.2. The second-order valence-electron chi connectivity index (χ2n) is 10.2. The molecule has 2 unspecified atom stereocenters. The van der Waals surface area contributed by atoms with Gasteiger partial charge in [-0.25, -0.2) is 0 Å². The maximum Gasteiger partial charge on any atom is 0.256 e. The van der Waals surface area contributed by atoms with Crippen molar-refractivity contribution in [2.75, 3.05) is 30.9 Å². The van der Waals surface area contributed by atoms with Gasteiger partial charge in [-0.1, -0.05) is 24.3 Å². The summed E-state index contributed by atoms with van der Waals surface area (Å²) in [5, 5.41) is 10.2. The molecule has 3 aromatic carbocycles. The lowest BCUT2D eigenvalue weighted by atomic mass is 9.94. The molecule has 3 heterocycles. The van der Waals surface area contributed by atoms with Crippen molar-refractivity contribution in [3.8, 4) is 22.6 Å². The van der Waals surface area contributed by atoms with Crippen molar-refractivity contribution in [3.05, 3.63) is 77.4 Å². The third-order valence-corrected chi connectivity index (χ3v) is 7.81. The van der Waals surface area contributed by atoms with Crippen molar-refractivity contribution >= 4 is 22.9 Å². The molecule has 3 aromatic rings. The lowest BCUT2D eigenvalue weighted by Crippen LogP contribution is -2.23. The van der Waals surface area contributed by atoms with Crippen LogP contribution in [0.5, 0.6) is 11.5 Å². The quantitative estimate of drug-likeness (QED) is 0.370. The Labute approximate surface area is 218 Å². The average molecular weight is 496 g/mol. The van der Waals surface area contributed by atoms with Gasteiger partial charge < -0.3 is 25.4 Å². The van der Waals surface area contributed by atoms with Gasteiger partial charge in [-0.2, -0.15) is 0 Å². The Morgan fingerprint density at radius 3 is 2.73 bits per heavy atom. The van der Waals surface area contributed by atoms with Crippen LogP contribution >= 0.6 is 0 Å². The number of benzene rings is 3. The predicted octanol–water partition coefficient (Wildman–Crippen LogP) is 5.65. The molecule has 3 N–H and O–H groups in total. The smallest absolute Gasteiger partial charge is 0.256 e. The number of ether oxygens (including phenoxy) is 2. The number of rotatable bonds is 7. The summed E-state index contributed by atoms with van der Waals surface area (Å²) in [5.41, 5.74) is 8.05. The topological polar surface area (TPSA) is 71.6 Å². The number of fused-ring (bicyclic) bond motifs is 2.